The normalized spacial score (nSPS) is 17.1. The third-order valence-corrected chi connectivity index (χ3v) is 3.06. The van der Waals surface area contributed by atoms with Crippen LogP contribution in [0.4, 0.5) is 4.39 Å². The summed E-state index contributed by atoms with van der Waals surface area (Å²) in [6.45, 7) is 4.34. The summed E-state index contributed by atoms with van der Waals surface area (Å²) in [7, 11) is 0. The molecule has 1 atom stereocenters. The quantitative estimate of drug-likeness (QED) is 0.787. The molecule has 2 nitrogen and oxygen atoms in total. The summed E-state index contributed by atoms with van der Waals surface area (Å²) in [6, 6.07) is 6.88. The van der Waals surface area contributed by atoms with Crippen molar-refractivity contribution >= 4 is 0 Å². The van der Waals surface area contributed by atoms with Crippen LogP contribution in [0, 0.1) is 11.7 Å². The number of halogens is 1. The summed E-state index contributed by atoms with van der Waals surface area (Å²) in [5, 5.41) is 3.23. The molecule has 3 heteroatoms. The van der Waals surface area contributed by atoms with Crippen LogP contribution in [-0.4, -0.2) is 19.7 Å². The van der Waals surface area contributed by atoms with Gasteiger partial charge in [0.2, 0.25) is 0 Å². The molecule has 0 aliphatic heterocycles. The summed E-state index contributed by atoms with van der Waals surface area (Å²) in [5.41, 5.74) is 0.661. The maximum absolute atomic E-state index is 13.7. The van der Waals surface area contributed by atoms with E-state index >= 15 is 0 Å². The van der Waals surface area contributed by atoms with Crippen LogP contribution in [-0.2, 0) is 4.74 Å². The van der Waals surface area contributed by atoms with Crippen LogP contribution in [0.3, 0.4) is 0 Å². The molecule has 1 aliphatic carbocycles. The van der Waals surface area contributed by atoms with Crippen molar-refractivity contribution in [2.45, 2.75) is 25.9 Å². The van der Waals surface area contributed by atoms with Crippen LogP contribution >= 0.6 is 0 Å². The fraction of sp³-hybridized carbons (Fsp3) is 0.571. The van der Waals surface area contributed by atoms with E-state index in [1.165, 1.54) is 18.9 Å². The topological polar surface area (TPSA) is 21.3 Å². The first-order valence-corrected chi connectivity index (χ1v) is 6.38. The summed E-state index contributed by atoms with van der Waals surface area (Å²) in [6.07, 6.45) is 2.34. The molecular weight excluding hydrogens is 217 g/mol. The maximum atomic E-state index is 13.7. The largest absolute Gasteiger partial charge is 0.372 e. The average Bonchev–Trinajstić information content (AvgIpc) is 3.15. The second kappa shape index (κ2) is 6.12. The van der Waals surface area contributed by atoms with E-state index in [2.05, 4.69) is 5.32 Å². The second-order valence-electron chi connectivity index (χ2n) is 4.59. The van der Waals surface area contributed by atoms with Gasteiger partial charge in [-0.1, -0.05) is 25.1 Å². The van der Waals surface area contributed by atoms with Crippen molar-refractivity contribution in [1.29, 1.82) is 0 Å². The second-order valence-corrected chi connectivity index (χ2v) is 4.59. The van der Waals surface area contributed by atoms with Crippen molar-refractivity contribution in [2.24, 2.45) is 5.92 Å². The number of benzene rings is 1. The standard InChI is InChI=1S/C14H20FNO/c1-2-16-9-14(17-10-11-7-8-11)12-5-3-4-6-13(12)15/h3-6,11,14,16H,2,7-10H2,1H3. The Balaban J connectivity index is 1.99. The lowest BCUT2D eigenvalue weighted by Gasteiger charge is -2.19. The number of nitrogens with one attached hydrogen (secondary N) is 1. The molecule has 1 unspecified atom stereocenters. The van der Waals surface area contributed by atoms with E-state index < -0.39 is 0 Å². The summed E-state index contributed by atoms with van der Waals surface area (Å²) >= 11 is 0. The molecule has 1 fully saturated rings. The lowest BCUT2D eigenvalue weighted by molar-refractivity contribution is 0.0433. The molecule has 0 aromatic heterocycles. The van der Waals surface area contributed by atoms with Gasteiger partial charge in [-0.3, -0.25) is 0 Å². The molecule has 0 radical (unpaired) electrons. The minimum Gasteiger partial charge on any atom is -0.372 e. The van der Waals surface area contributed by atoms with E-state index in [4.69, 9.17) is 4.74 Å². The molecular formula is C14H20FNO. The number of likely N-dealkylation sites (N-methyl/N-ethyl adjacent to an activating group) is 1. The number of ether oxygens (including phenoxy) is 1. The van der Waals surface area contributed by atoms with Crippen LogP contribution in [0.25, 0.3) is 0 Å². The smallest absolute Gasteiger partial charge is 0.129 e. The molecule has 94 valence electrons. The molecule has 1 N–H and O–H groups in total. The van der Waals surface area contributed by atoms with Crippen LogP contribution in [0.15, 0.2) is 24.3 Å². The van der Waals surface area contributed by atoms with Gasteiger partial charge < -0.3 is 10.1 Å². The highest BCUT2D eigenvalue weighted by Crippen LogP contribution is 2.31. The Morgan fingerprint density at radius 2 is 2.18 bits per heavy atom. The van der Waals surface area contributed by atoms with Gasteiger partial charge in [0.15, 0.2) is 0 Å². The van der Waals surface area contributed by atoms with Gasteiger partial charge in [-0.05, 0) is 31.4 Å². The molecule has 0 amide bonds. The molecule has 0 saturated heterocycles. The van der Waals surface area contributed by atoms with Crippen LogP contribution in [0.2, 0.25) is 0 Å². The SMILES string of the molecule is CCNCC(OCC1CC1)c1ccccc1F. The van der Waals surface area contributed by atoms with Crippen molar-refractivity contribution < 1.29 is 9.13 Å². The summed E-state index contributed by atoms with van der Waals surface area (Å²) in [5.74, 6) is 0.525. The van der Waals surface area contributed by atoms with E-state index in [9.17, 15) is 4.39 Å². The lowest BCUT2D eigenvalue weighted by atomic mass is 10.1. The fourth-order valence-corrected chi connectivity index (χ4v) is 1.81. The molecule has 1 aromatic carbocycles. The predicted octanol–water partition coefficient (Wildman–Crippen LogP) is 2.90. The van der Waals surface area contributed by atoms with Crippen LogP contribution in [0.1, 0.15) is 31.4 Å². The van der Waals surface area contributed by atoms with Crippen molar-refractivity contribution in [3.8, 4) is 0 Å². The van der Waals surface area contributed by atoms with E-state index in [0.29, 0.717) is 18.0 Å². The van der Waals surface area contributed by atoms with E-state index in [1.807, 2.05) is 19.1 Å². The third-order valence-electron chi connectivity index (χ3n) is 3.06. The molecule has 0 heterocycles. The molecule has 2 rings (SSSR count). The van der Waals surface area contributed by atoms with Gasteiger partial charge in [-0.25, -0.2) is 4.39 Å². The van der Waals surface area contributed by atoms with Crippen molar-refractivity contribution in [2.75, 3.05) is 19.7 Å². The van der Waals surface area contributed by atoms with Gasteiger partial charge in [0.25, 0.3) is 0 Å². The van der Waals surface area contributed by atoms with Crippen LogP contribution < -0.4 is 5.32 Å². The van der Waals surface area contributed by atoms with Crippen molar-refractivity contribution in [3.63, 3.8) is 0 Å². The first-order valence-electron chi connectivity index (χ1n) is 6.38. The molecule has 0 spiro atoms. The Hall–Kier alpha value is -0.930. The lowest BCUT2D eigenvalue weighted by Crippen LogP contribution is -2.24. The molecule has 1 aliphatic rings. The van der Waals surface area contributed by atoms with E-state index in [-0.39, 0.29) is 11.9 Å². The molecule has 0 bridgehead atoms. The maximum Gasteiger partial charge on any atom is 0.129 e. The Bertz CT molecular complexity index is 352. The Labute approximate surface area is 102 Å². The van der Waals surface area contributed by atoms with Gasteiger partial charge in [-0.2, -0.15) is 0 Å². The fourth-order valence-electron chi connectivity index (χ4n) is 1.81. The molecule has 1 aromatic rings. The number of hydrogen-bond acceptors (Lipinski definition) is 2. The predicted molar refractivity (Wildman–Crippen MR) is 66.4 cm³/mol. The van der Waals surface area contributed by atoms with Gasteiger partial charge >= 0.3 is 0 Å². The van der Waals surface area contributed by atoms with E-state index in [0.717, 1.165) is 13.2 Å². The Morgan fingerprint density at radius 3 is 2.82 bits per heavy atom. The first-order chi connectivity index (χ1) is 8.31. The minimum atomic E-state index is -0.175. The van der Waals surface area contributed by atoms with Gasteiger partial charge in [0.1, 0.15) is 5.82 Å². The zero-order valence-corrected chi connectivity index (χ0v) is 10.3. The summed E-state index contributed by atoms with van der Waals surface area (Å²) < 4.78 is 19.5. The number of rotatable bonds is 7. The third kappa shape index (κ3) is 3.79. The monoisotopic (exact) mass is 237 g/mol. The zero-order valence-electron chi connectivity index (χ0n) is 10.3. The minimum absolute atomic E-state index is 0.170. The van der Waals surface area contributed by atoms with Gasteiger partial charge in [0.05, 0.1) is 12.7 Å². The van der Waals surface area contributed by atoms with Gasteiger partial charge in [0, 0.05) is 12.1 Å². The average molecular weight is 237 g/mol. The molecule has 1 saturated carbocycles. The Kier molecular flexibility index (Phi) is 4.51. The Morgan fingerprint density at radius 1 is 1.41 bits per heavy atom. The van der Waals surface area contributed by atoms with E-state index in [1.54, 1.807) is 6.07 Å². The highest BCUT2D eigenvalue weighted by molar-refractivity contribution is 5.20. The van der Waals surface area contributed by atoms with Gasteiger partial charge in [-0.15, -0.1) is 0 Å². The van der Waals surface area contributed by atoms with Crippen molar-refractivity contribution in [1.82, 2.24) is 5.32 Å². The highest BCUT2D eigenvalue weighted by atomic mass is 19.1. The first kappa shape index (κ1) is 12.5. The molecule has 17 heavy (non-hydrogen) atoms. The van der Waals surface area contributed by atoms with Crippen LogP contribution in [0.5, 0.6) is 0 Å². The zero-order chi connectivity index (χ0) is 12.1. The number of hydrogen-bond donors (Lipinski definition) is 1. The van der Waals surface area contributed by atoms with Crippen molar-refractivity contribution in [3.05, 3.63) is 35.6 Å². The highest BCUT2D eigenvalue weighted by Gasteiger charge is 2.24. The summed E-state index contributed by atoms with van der Waals surface area (Å²) in [4.78, 5) is 0.